The fraction of sp³-hybridized carbons (Fsp3) is 0.188. The molecule has 0 aliphatic rings. The van der Waals surface area contributed by atoms with Crippen molar-refractivity contribution in [3.8, 4) is 0 Å². The van der Waals surface area contributed by atoms with Crippen molar-refractivity contribution in [1.29, 1.82) is 0 Å². The third-order valence-corrected chi connectivity index (χ3v) is 4.09. The van der Waals surface area contributed by atoms with E-state index in [1.54, 1.807) is 11.3 Å². The van der Waals surface area contributed by atoms with Gasteiger partial charge in [0, 0.05) is 28.9 Å². The summed E-state index contributed by atoms with van der Waals surface area (Å²) in [6.45, 7) is 0.940. The van der Waals surface area contributed by atoms with Crippen molar-refractivity contribution in [2.45, 2.75) is 13.0 Å². The van der Waals surface area contributed by atoms with Crippen molar-refractivity contribution in [1.82, 2.24) is 10.3 Å². The lowest BCUT2D eigenvalue weighted by molar-refractivity contribution is 0.830. The molecule has 0 aliphatic heterocycles. The Labute approximate surface area is 117 Å². The molecule has 2 heterocycles. The zero-order valence-electron chi connectivity index (χ0n) is 10.9. The molecule has 3 rings (SSSR count). The van der Waals surface area contributed by atoms with Crippen LogP contribution >= 0.6 is 11.3 Å². The summed E-state index contributed by atoms with van der Waals surface area (Å²) in [5.41, 5.74) is 3.55. The normalized spacial score (nSPS) is 11.0. The molecule has 0 amide bonds. The van der Waals surface area contributed by atoms with Crippen LogP contribution in [0.25, 0.3) is 10.9 Å². The van der Waals surface area contributed by atoms with E-state index in [0.29, 0.717) is 0 Å². The zero-order valence-corrected chi connectivity index (χ0v) is 11.7. The number of nitrogens with zero attached hydrogens (tertiary/aromatic N) is 1. The first kappa shape index (κ1) is 12.3. The largest absolute Gasteiger partial charge is 0.315 e. The van der Waals surface area contributed by atoms with Crippen LogP contribution in [-0.4, -0.2) is 12.0 Å². The predicted octanol–water partition coefficient (Wildman–Crippen LogP) is 3.61. The monoisotopic (exact) mass is 268 g/mol. The quantitative estimate of drug-likeness (QED) is 0.782. The molecule has 1 aromatic carbocycles. The van der Waals surface area contributed by atoms with Crippen molar-refractivity contribution < 1.29 is 0 Å². The van der Waals surface area contributed by atoms with Crippen LogP contribution in [0.2, 0.25) is 0 Å². The second-order valence-corrected chi connectivity index (χ2v) is 5.62. The molecule has 1 N–H and O–H groups in total. The van der Waals surface area contributed by atoms with Gasteiger partial charge in [0.15, 0.2) is 0 Å². The molecule has 0 bridgehead atoms. The molecule has 0 saturated heterocycles. The number of para-hydroxylation sites is 1. The Kier molecular flexibility index (Phi) is 3.58. The number of fused-ring (bicyclic) bond motifs is 1. The lowest BCUT2D eigenvalue weighted by atomic mass is 10.1. The highest BCUT2D eigenvalue weighted by molar-refractivity contribution is 7.10. The van der Waals surface area contributed by atoms with Crippen molar-refractivity contribution >= 4 is 22.2 Å². The average Bonchev–Trinajstić information content (AvgIpc) is 2.86. The number of hydrogen-bond acceptors (Lipinski definition) is 3. The summed E-state index contributed by atoms with van der Waals surface area (Å²) in [5, 5.41) is 6.61. The maximum Gasteiger partial charge on any atom is 0.0705 e. The number of thiophene rings is 1. The van der Waals surface area contributed by atoms with E-state index in [9.17, 15) is 0 Å². The molecule has 19 heavy (non-hydrogen) atoms. The highest BCUT2D eigenvalue weighted by Crippen LogP contribution is 2.19. The van der Waals surface area contributed by atoms with Crippen molar-refractivity contribution in [2.75, 3.05) is 7.05 Å². The summed E-state index contributed by atoms with van der Waals surface area (Å²) in [5.74, 6) is 0. The number of aromatic nitrogens is 1. The van der Waals surface area contributed by atoms with Crippen LogP contribution in [0, 0.1) is 0 Å². The Balaban J connectivity index is 1.83. The van der Waals surface area contributed by atoms with E-state index >= 15 is 0 Å². The summed E-state index contributed by atoms with van der Waals surface area (Å²) in [4.78, 5) is 6.09. The lowest BCUT2D eigenvalue weighted by Crippen LogP contribution is -2.02. The van der Waals surface area contributed by atoms with Gasteiger partial charge in [0.25, 0.3) is 0 Å². The molecule has 2 aromatic heterocycles. The second kappa shape index (κ2) is 5.51. The Morgan fingerprint density at radius 3 is 2.95 bits per heavy atom. The van der Waals surface area contributed by atoms with Gasteiger partial charge in [-0.25, -0.2) is 0 Å². The molecule has 0 spiro atoms. The van der Waals surface area contributed by atoms with Gasteiger partial charge in [-0.3, -0.25) is 4.98 Å². The third kappa shape index (κ3) is 2.83. The molecule has 0 fully saturated rings. The average molecular weight is 268 g/mol. The van der Waals surface area contributed by atoms with Crippen LogP contribution < -0.4 is 5.32 Å². The van der Waals surface area contributed by atoms with Gasteiger partial charge >= 0.3 is 0 Å². The number of pyridine rings is 1. The molecule has 0 atom stereocenters. The van der Waals surface area contributed by atoms with Crippen LogP contribution in [0.15, 0.2) is 47.8 Å². The van der Waals surface area contributed by atoms with Gasteiger partial charge in [-0.1, -0.05) is 24.3 Å². The number of nitrogens with one attached hydrogen (secondary N) is 1. The Hall–Kier alpha value is -1.71. The standard InChI is InChI=1S/C16H16N2S/c1-17-10-15-9-12(11-19-15)8-14-7-6-13-4-2-3-5-16(13)18-14/h2-7,9,11,17H,8,10H2,1H3. The predicted molar refractivity (Wildman–Crippen MR) is 81.6 cm³/mol. The van der Waals surface area contributed by atoms with E-state index in [2.05, 4.69) is 41.0 Å². The molecule has 3 aromatic rings. The highest BCUT2D eigenvalue weighted by atomic mass is 32.1. The molecule has 2 nitrogen and oxygen atoms in total. The first-order valence-electron chi connectivity index (χ1n) is 6.41. The Morgan fingerprint density at radius 2 is 2.05 bits per heavy atom. The number of rotatable bonds is 4. The minimum absolute atomic E-state index is 0.908. The minimum Gasteiger partial charge on any atom is -0.315 e. The van der Waals surface area contributed by atoms with Crippen molar-refractivity contribution in [3.63, 3.8) is 0 Å². The maximum absolute atomic E-state index is 4.71. The van der Waals surface area contributed by atoms with Crippen LogP contribution in [0.5, 0.6) is 0 Å². The molecule has 0 aliphatic carbocycles. The van der Waals surface area contributed by atoms with Gasteiger partial charge in [0.2, 0.25) is 0 Å². The van der Waals surface area contributed by atoms with E-state index in [1.807, 2.05) is 19.2 Å². The second-order valence-electron chi connectivity index (χ2n) is 4.62. The summed E-state index contributed by atoms with van der Waals surface area (Å²) >= 11 is 1.81. The van der Waals surface area contributed by atoms with E-state index in [0.717, 1.165) is 24.2 Å². The van der Waals surface area contributed by atoms with Gasteiger partial charge in [-0.05, 0) is 36.2 Å². The number of benzene rings is 1. The highest BCUT2D eigenvalue weighted by Gasteiger charge is 2.03. The molecular weight excluding hydrogens is 252 g/mol. The van der Waals surface area contributed by atoms with E-state index in [-0.39, 0.29) is 0 Å². The van der Waals surface area contributed by atoms with Crippen molar-refractivity contribution in [2.24, 2.45) is 0 Å². The van der Waals surface area contributed by atoms with Crippen molar-refractivity contribution in [3.05, 3.63) is 64.0 Å². The van der Waals surface area contributed by atoms with Gasteiger partial charge in [-0.15, -0.1) is 11.3 Å². The first-order chi connectivity index (χ1) is 9.35. The Morgan fingerprint density at radius 1 is 1.16 bits per heavy atom. The van der Waals surface area contributed by atoms with Gasteiger partial charge in [-0.2, -0.15) is 0 Å². The lowest BCUT2D eigenvalue weighted by Gasteiger charge is -2.01. The fourth-order valence-corrected chi connectivity index (χ4v) is 3.10. The fourth-order valence-electron chi connectivity index (χ4n) is 2.20. The summed E-state index contributed by atoms with van der Waals surface area (Å²) in [6, 6.07) is 14.8. The topological polar surface area (TPSA) is 24.9 Å². The van der Waals surface area contributed by atoms with Gasteiger partial charge < -0.3 is 5.32 Å². The molecule has 96 valence electrons. The van der Waals surface area contributed by atoms with E-state index in [1.165, 1.54) is 15.8 Å². The van der Waals surface area contributed by atoms with Gasteiger partial charge in [0.05, 0.1) is 5.52 Å². The zero-order chi connectivity index (χ0) is 13.1. The van der Waals surface area contributed by atoms with Crippen LogP contribution in [-0.2, 0) is 13.0 Å². The molecular formula is C16H16N2S. The molecule has 3 heteroatoms. The van der Waals surface area contributed by atoms with Crippen LogP contribution in [0.1, 0.15) is 16.1 Å². The summed E-state index contributed by atoms with van der Waals surface area (Å²) in [7, 11) is 1.98. The molecule has 0 unspecified atom stereocenters. The smallest absolute Gasteiger partial charge is 0.0705 e. The summed E-state index contributed by atoms with van der Waals surface area (Å²) in [6.07, 6.45) is 0.908. The first-order valence-corrected chi connectivity index (χ1v) is 7.28. The van der Waals surface area contributed by atoms with E-state index < -0.39 is 0 Å². The minimum atomic E-state index is 0.908. The maximum atomic E-state index is 4.71. The molecule has 0 saturated carbocycles. The summed E-state index contributed by atoms with van der Waals surface area (Å²) < 4.78 is 0. The number of hydrogen-bond donors (Lipinski definition) is 1. The van der Waals surface area contributed by atoms with Crippen LogP contribution in [0.3, 0.4) is 0 Å². The third-order valence-electron chi connectivity index (χ3n) is 3.10. The van der Waals surface area contributed by atoms with E-state index in [4.69, 9.17) is 4.98 Å². The Bertz CT molecular complexity index is 688. The van der Waals surface area contributed by atoms with Gasteiger partial charge in [0.1, 0.15) is 0 Å². The van der Waals surface area contributed by atoms with Crippen LogP contribution in [0.4, 0.5) is 0 Å². The SMILES string of the molecule is CNCc1cc(Cc2ccc3ccccc3n2)cs1. The molecule has 0 radical (unpaired) electrons.